The van der Waals surface area contributed by atoms with Crippen LogP contribution in [-0.4, -0.2) is 4.92 Å². The summed E-state index contributed by atoms with van der Waals surface area (Å²) in [6.07, 6.45) is 0. The van der Waals surface area contributed by atoms with Gasteiger partial charge in [0, 0.05) is 22.8 Å². The van der Waals surface area contributed by atoms with E-state index in [0.29, 0.717) is 10.7 Å². The van der Waals surface area contributed by atoms with Crippen molar-refractivity contribution in [2.24, 2.45) is 0 Å². The molecule has 1 N–H and O–H groups in total. The van der Waals surface area contributed by atoms with Crippen molar-refractivity contribution in [3.05, 3.63) is 63.4 Å². The van der Waals surface area contributed by atoms with Crippen LogP contribution < -0.4 is 5.32 Å². The number of nitro groups is 1. The van der Waals surface area contributed by atoms with E-state index < -0.39 is 10.7 Å². The lowest BCUT2D eigenvalue weighted by molar-refractivity contribution is -0.384. The maximum Gasteiger partial charge on any atom is 0.292 e. The van der Waals surface area contributed by atoms with Crippen LogP contribution in [0.3, 0.4) is 0 Å². The quantitative estimate of drug-likeness (QED) is 0.671. The van der Waals surface area contributed by atoms with Gasteiger partial charge < -0.3 is 5.32 Å². The number of hydrogen-bond acceptors (Lipinski definition) is 3. The van der Waals surface area contributed by atoms with E-state index in [4.69, 9.17) is 11.6 Å². The molecule has 0 saturated heterocycles. The maximum absolute atomic E-state index is 13.1. The van der Waals surface area contributed by atoms with Gasteiger partial charge in [-0.2, -0.15) is 0 Å². The van der Waals surface area contributed by atoms with Crippen LogP contribution in [0.1, 0.15) is 0 Å². The molecule has 2 aromatic rings. The van der Waals surface area contributed by atoms with Gasteiger partial charge in [0.1, 0.15) is 11.5 Å². The molecule has 6 heteroatoms. The van der Waals surface area contributed by atoms with Gasteiger partial charge in [0.05, 0.1) is 4.92 Å². The Bertz CT molecular complexity index is 587. The SMILES string of the molecule is O=[N+]([O-])c1ccc(F)cc1Nc1ccc(Cl)cc1. The third-order valence-electron chi connectivity index (χ3n) is 2.28. The van der Waals surface area contributed by atoms with Crippen LogP contribution in [0, 0.1) is 15.9 Å². The van der Waals surface area contributed by atoms with Crippen molar-refractivity contribution in [2.45, 2.75) is 0 Å². The molecule has 18 heavy (non-hydrogen) atoms. The number of nitro benzene ring substituents is 1. The Kier molecular flexibility index (Phi) is 3.43. The molecule has 0 amide bonds. The van der Waals surface area contributed by atoms with Gasteiger partial charge in [-0.1, -0.05) is 11.6 Å². The second kappa shape index (κ2) is 5.01. The Labute approximate surface area is 107 Å². The topological polar surface area (TPSA) is 55.2 Å². The van der Waals surface area contributed by atoms with Crippen LogP contribution in [-0.2, 0) is 0 Å². The number of rotatable bonds is 3. The number of hydrogen-bond donors (Lipinski definition) is 1. The summed E-state index contributed by atoms with van der Waals surface area (Å²) in [4.78, 5) is 10.2. The highest BCUT2D eigenvalue weighted by Gasteiger charge is 2.14. The van der Waals surface area contributed by atoms with E-state index in [1.807, 2.05) is 0 Å². The van der Waals surface area contributed by atoms with Crippen LogP contribution in [0.4, 0.5) is 21.5 Å². The average Bonchev–Trinajstić information content (AvgIpc) is 2.32. The summed E-state index contributed by atoms with van der Waals surface area (Å²) in [6.45, 7) is 0. The van der Waals surface area contributed by atoms with Crippen molar-refractivity contribution in [3.63, 3.8) is 0 Å². The van der Waals surface area contributed by atoms with E-state index in [2.05, 4.69) is 5.32 Å². The van der Waals surface area contributed by atoms with Crippen LogP contribution >= 0.6 is 11.6 Å². The molecule has 0 fully saturated rings. The molecular weight excluding hydrogens is 259 g/mol. The van der Waals surface area contributed by atoms with Gasteiger partial charge in [-0.15, -0.1) is 0 Å². The summed E-state index contributed by atoms with van der Waals surface area (Å²) < 4.78 is 13.1. The van der Waals surface area contributed by atoms with Crippen LogP contribution in [0.15, 0.2) is 42.5 Å². The minimum Gasteiger partial charge on any atom is -0.350 e. The molecule has 0 aliphatic carbocycles. The van der Waals surface area contributed by atoms with Crippen molar-refractivity contribution in [1.82, 2.24) is 0 Å². The molecule has 0 saturated carbocycles. The summed E-state index contributed by atoms with van der Waals surface area (Å²) in [7, 11) is 0. The molecule has 92 valence electrons. The van der Waals surface area contributed by atoms with E-state index in [0.717, 1.165) is 18.2 Å². The first-order valence-corrected chi connectivity index (χ1v) is 5.40. The number of halogens is 2. The Morgan fingerprint density at radius 3 is 2.44 bits per heavy atom. The molecule has 0 heterocycles. The van der Waals surface area contributed by atoms with Gasteiger partial charge in [0.15, 0.2) is 0 Å². The molecule has 0 unspecified atom stereocenters. The van der Waals surface area contributed by atoms with E-state index in [9.17, 15) is 14.5 Å². The van der Waals surface area contributed by atoms with Crippen molar-refractivity contribution >= 4 is 28.7 Å². The Hall–Kier alpha value is -2.14. The highest BCUT2D eigenvalue weighted by atomic mass is 35.5. The summed E-state index contributed by atoms with van der Waals surface area (Å²) in [5.74, 6) is -0.544. The predicted molar refractivity (Wildman–Crippen MR) is 67.8 cm³/mol. The summed E-state index contributed by atoms with van der Waals surface area (Å²) in [5.41, 5.74) is 0.502. The maximum atomic E-state index is 13.1. The standard InChI is InChI=1S/C12H8ClFN2O2/c13-8-1-4-10(5-2-8)15-11-7-9(14)3-6-12(11)16(17)18/h1-7,15H. The van der Waals surface area contributed by atoms with Gasteiger partial charge in [0.2, 0.25) is 0 Å². The number of anilines is 2. The first kappa shape index (κ1) is 12.3. The monoisotopic (exact) mass is 266 g/mol. The fourth-order valence-electron chi connectivity index (χ4n) is 1.46. The molecule has 0 aromatic heterocycles. The number of nitrogens with zero attached hydrogens (tertiary/aromatic N) is 1. The Balaban J connectivity index is 2.35. The van der Waals surface area contributed by atoms with E-state index in [1.165, 1.54) is 0 Å². The van der Waals surface area contributed by atoms with E-state index >= 15 is 0 Å². The molecule has 2 rings (SSSR count). The molecule has 0 spiro atoms. The zero-order chi connectivity index (χ0) is 13.1. The van der Waals surface area contributed by atoms with Gasteiger partial charge in [-0.25, -0.2) is 4.39 Å². The lowest BCUT2D eigenvalue weighted by Gasteiger charge is -2.07. The molecule has 0 atom stereocenters. The van der Waals surface area contributed by atoms with E-state index in [-0.39, 0.29) is 11.4 Å². The van der Waals surface area contributed by atoms with Crippen molar-refractivity contribution < 1.29 is 9.31 Å². The highest BCUT2D eigenvalue weighted by molar-refractivity contribution is 6.30. The molecule has 0 bridgehead atoms. The zero-order valence-electron chi connectivity index (χ0n) is 9.06. The smallest absolute Gasteiger partial charge is 0.292 e. The third kappa shape index (κ3) is 2.75. The van der Waals surface area contributed by atoms with Crippen molar-refractivity contribution in [1.29, 1.82) is 0 Å². The Morgan fingerprint density at radius 2 is 1.83 bits per heavy atom. The zero-order valence-corrected chi connectivity index (χ0v) is 9.82. The first-order chi connectivity index (χ1) is 8.56. The van der Waals surface area contributed by atoms with Crippen molar-refractivity contribution in [3.8, 4) is 0 Å². The predicted octanol–water partition coefficient (Wildman–Crippen LogP) is 4.13. The van der Waals surface area contributed by atoms with E-state index in [1.54, 1.807) is 24.3 Å². The Morgan fingerprint density at radius 1 is 1.17 bits per heavy atom. The largest absolute Gasteiger partial charge is 0.350 e. The molecule has 0 radical (unpaired) electrons. The van der Waals surface area contributed by atoms with Gasteiger partial charge in [-0.3, -0.25) is 10.1 Å². The second-order valence-corrected chi connectivity index (χ2v) is 3.99. The fraction of sp³-hybridized carbons (Fsp3) is 0. The molecular formula is C12H8ClFN2O2. The van der Waals surface area contributed by atoms with Crippen LogP contribution in [0.2, 0.25) is 5.02 Å². The normalized spacial score (nSPS) is 10.1. The first-order valence-electron chi connectivity index (χ1n) is 5.03. The molecule has 2 aromatic carbocycles. The van der Waals surface area contributed by atoms with Crippen LogP contribution in [0.25, 0.3) is 0 Å². The summed E-state index contributed by atoms with van der Waals surface area (Å²) >= 11 is 5.73. The average molecular weight is 267 g/mol. The van der Waals surface area contributed by atoms with Gasteiger partial charge in [-0.05, 0) is 30.3 Å². The van der Waals surface area contributed by atoms with Gasteiger partial charge >= 0.3 is 0 Å². The van der Waals surface area contributed by atoms with Crippen LogP contribution in [0.5, 0.6) is 0 Å². The molecule has 0 aliphatic rings. The molecule has 0 aliphatic heterocycles. The lowest BCUT2D eigenvalue weighted by Crippen LogP contribution is -1.97. The highest BCUT2D eigenvalue weighted by Crippen LogP contribution is 2.28. The minimum absolute atomic E-state index is 0.0994. The lowest BCUT2D eigenvalue weighted by atomic mass is 10.2. The minimum atomic E-state index is -0.572. The van der Waals surface area contributed by atoms with Gasteiger partial charge in [0.25, 0.3) is 5.69 Å². The third-order valence-corrected chi connectivity index (χ3v) is 2.53. The second-order valence-electron chi connectivity index (χ2n) is 3.55. The van der Waals surface area contributed by atoms with Crippen molar-refractivity contribution in [2.75, 3.05) is 5.32 Å². The summed E-state index contributed by atoms with van der Waals surface area (Å²) in [6, 6.07) is 9.81. The number of nitrogens with one attached hydrogen (secondary N) is 1. The fourth-order valence-corrected chi connectivity index (χ4v) is 1.58. The summed E-state index contributed by atoms with van der Waals surface area (Å²) in [5, 5.41) is 14.1. The molecule has 4 nitrogen and oxygen atoms in total. The number of benzene rings is 2.